The second-order valence-corrected chi connectivity index (χ2v) is 12.9. The fourth-order valence-corrected chi connectivity index (χ4v) is 5.74. The van der Waals surface area contributed by atoms with Crippen LogP contribution in [-0.2, 0) is 9.47 Å². The van der Waals surface area contributed by atoms with Crippen molar-refractivity contribution in [2.75, 3.05) is 13.2 Å². The Balaban J connectivity index is 1.78. The van der Waals surface area contributed by atoms with E-state index in [0.29, 0.717) is 25.0 Å². The summed E-state index contributed by atoms with van der Waals surface area (Å²) in [4.78, 5) is 12.4. The molecule has 2 rings (SSSR count). The van der Waals surface area contributed by atoms with Crippen molar-refractivity contribution in [2.45, 2.75) is 116 Å². The summed E-state index contributed by atoms with van der Waals surface area (Å²) in [5, 5.41) is 0. The van der Waals surface area contributed by atoms with Crippen molar-refractivity contribution in [3.63, 3.8) is 0 Å². The third-order valence-electron chi connectivity index (χ3n) is 7.37. The van der Waals surface area contributed by atoms with Crippen LogP contribution in [0.15, 0.2) is 48.5 Å². The van der Waals surface area contributed by atoms with Crippen LogP contribution in [0.25, 0.3) is 0 Å². The molecule has 0 spiro atoms. The van der Waals surface area contributed by atoms with Crippen molar-refractivity contribution in [1.82, 2.24) is 0 Å². The highest BCUT2D eigenvalue weighted by molar-refractivity contribution is 14.1. The molecule has 2 aromatic rings. The molecule has 0 aromatic heterocycles. The molecule has 0 aliphatic carbocycles. The maximum atomic E-state index is 12.4. The van der Waals surface area contributed by atoms with Crippen LogP contribution < -0.4 is 0 Å². The number of unbranched alkanes of at least 4 members (excludes halogenated alkanes) is 8. The zero-order chi connectivity index (χ0) is 27.4. The van der Waals surface area contributed by atoms with E-state index < -0.39 is 6.16 Å². The Kier molecular flexibility index (Phi) is 18.4. The Labute approximate surface area is 259 Å². The van der Waals surface area contributed by atoms with Gasteiger partial charge in [0.05, 0.1) is 13.2 Å². The van der Waals surface area contributed by atoms with Gasteiger partial charge in [-0.3, -0.25) is 0 Å². The molecule has 0 fully saturated rings. The Hall–Kier alpha value is -0.830. The molecule has 212 valence electrons. The number of rotatable bonds is 20. The second kappa shape index (κ2) is 21.0. The van der Waals surface area contributed by atoms with Crippen molar-refractivity contribution in [3.8, 4) is 0 Å². The molecule has 0 saturated heterocycles. The number of ether oxygens (including phenoxy) is 2. The van der Waals surface area contributed by atoms with E-state index in [1.165, 1.54) is 82.5 Å². The quantitative estimate of drug-likeness (QED) is 0.0769. The van der Waals surface area contributed by atoms with Gasteiger partial charge in [0, 0.05) is 7.14 Å². The number of hydrogen-bond donors (Lipinski definition) is 0. The highest BCUT2D eigenvalue weighted by Gasteiger charge is 2.16. The zero-order valence-corrected chi connectivity index (χ0v) is 27.9. The van der Waals surface area contributed by atoms with Crippen molar-refractivity contribution in [1.29, 1.82) is 0 Å². The number of benzene rings is 2. The first-order valence-corrected chi connectivity index (χ1v) is 17.0. The molecule has 3 nitrogen and oxygen atoms in total. The fourth-order valence-electron chi connectivity index (χ4n) is 5.02. The van der Waals surface area contributed by atoms with Crippen LogP contribution in [-0.4, -0.2) is 19.4 Å². The summed E-state index contributed by atoms with van der Waals surface area (Å²) in [6, 6.07) is 17.6. The molecule has 5 heteroatoms. The lowest BCUT2D eigenvalue weighted by molar-refractivity contribution is 0.0508. The van der Waals surface area contributed by atoms with Gasteiger partial charge in [0.2, 0.25) is 0 Å². The summed E-state index contributed by atoms with van der Waals surface area (Å²) in [7, 11) is 0. The topological polar surface area (TPSA) is 35.5 Å². The molecule has 0 aliphatic rings. The first-order chi connectivity index (χ1) is 18.5. The first-order valence-electron chi connectivity index (χ1n) is 14.8. The van der Waals surface area contributed by atoms with Gasteiger partial charge in [-0.05, 0) is 118 Å². The van der Waals surface area contributed by atoms with Crippen molar-refractivity contribution >= 4 is 51.3 Å². The molecule has 0 saturated carbocycles. The molecule has 0 radical (unpaired) electrons. The lowest BCUT2D eigenvalue weighted by Gasteiger charge is -2.19. The van der Waals surface area contributed by atoms with E-state index in [4.69, 9.17) is 9.47 Å². The van der Waals surface area contributed by atoms with Gasteiger partial charge in [0.15, 0.2) is 0 Å². The molecular formula is C33H48I2O3. The number of carbonyl (C=O) groups is 1. The highest BCUT2D eigenvalue weighted by Crippen LogP contribution is 2.28. The van der Waals surface area contributed by atoms with Crippen molar-refractivity contribution < 1.29 is 14.3 Å². The summed E-state index contributed by atoms with van der Waals surface area (Å²) >= 11 is 4.70. The van der Waals surface area contributed by atoms with E-state index in [-0.39, 0.29) is 0 Å². The lowest BCUT2D eigenvalue weighted by atomic mass is 9.90. The predicted molar refractivity (Wildman–Crippen MR) is 177 cm³/mol. The average molecular weight is 747 g/mol. The summed E-state index contributed by atoms with van der Waals surface area (Å²) in [6.45, 7) is 5.31. The van der Waals surface area contributed by atoms with Crippen LogP contribution in [0.4, 0.5) is 4.79 Å². The molecule has 38 heavy (non-hydrogen) atoms. The van der Waals surface area contributed by atoms with E-state index in [2.05, 4.69) is 108 Å². The van der Waals surface area contributed by atoms with Gasteiger partial charge in [-0.2, -0.15) is 0 Å². The molecule has 0 heterocycles. The molecule has 0 bridgehead atoms. The minimum atomic E-state index is -0.529. The van der Waals surface area contributed by atoms with E-state index >= 15 is 0 Å². The lowest BCUT2D eigenvalue weighted by Crippen LogP contribution is -2.13. The molecule has 2 aromatic carbocycles. The van der Waals surface area contributed by atoms with Crippen LogP contribution in [0.3, 0.4) is 0 Å². The van der Waals surface area contributed by atoms with Crippen LogP contribution >= 0.6 is 45.2 Å². The number of carbonyl (C=O) groups excluding carboxylic acids is 1. The third kappa shape index (κ3) is 14.5. The minimum absolute atomic E-state index is 0.405. The largest absolute Gasteiger partial charge is 0.508 e. The van der Waals surface area contributed by atoms with Crippen LogP contribution in [0.1, 0.15) is 127 Å². The first kappa shape index (κ1) is 33.4. The SMILES string of the molecule is CCCCCCCC(CCOC(=O)OCCC(CCCCCCC)c1ccc(I)cc1)c1ccc(I)cc1. The molecule has 0 N–H and O–H groups in total. The Morgan fingerprint density at radius 3 is 1.32 bits per heavy atom. The highest BCUT2D eigenvalue weighted by atomic mass is 127. The van der Waals surface area contributed by atoms with Crippen LogP contribution in [0, 0.1) is 7.14 Å². The maximum absolute atomic E-state index is 12.4. The van der Waals surface area contributed by atoms with Gasteiger partial charge in [-0.15, -0.1) is 0 Å². The Bertz CT molecular complexity index is 795. The van der Waals surface area contributed by atoms with Gasteiger partial charge < -0.3 is 9.47 Å². The number of halogens is 2. The van der Waals surface area contributed by atoms with Crippen LogP contribution in [0.2, 0.25) is 0 Å². The van der Waals surface area contributed by atoms with E-state index in [9.17, 15) is 4.79 Å². The zero-order valence-electron chi connectivity index (χ0n) is 23.6. The summed E-state index contributed by atoms with van der Waals surface area (Å²) in [5.74, 6) is 0.832. The summed E-state index contributed by atoms with van der Waals surface area (Å²) < 4.78 is 13.6. The van der Waals surface area contributed by atoms with Gasteiger partial charge in [-0.1, -0.05) is 102 Å². The van der Waals surface area contributed by atoms with Crippen molar-refractivity contribution in [3.05, 3.63) is 66.8 Å². The molecule has 0 amide bonds. The van der Waals surface area contributed by atoms with Crippen molar-refractivity contribution in [2.24, 2.45) is 0 Å². The normalized spacial score (nSPS) is 12.7. The smallest absolute Gasteiger partial charge is 0.434 e. The second-order valence-electron chi connectivity index (χ2n) is 10.4. The molecular weight excluding hydrogens is 698 g/mol. The molecule has 2 unspecified atom stereocenters. The summed E-state index contributed by atoms with van der Waals surface area (Å²) in [6.07, 6.45) is 16.2. The van der Waals surface area contributed by atoms with Gasteiger partial charge in [0.1, 0.15) is 0 Å². The predicted octanol–water partition coefficient (Wildman–Crippen LogP) is 11.4. The summed E-state index contributed by atoms with van der Waals surface area (Å²) in [5.41, 5.74) is 2.69. The Morgan fingerprint density at radius 2 is 0.947 bits per heavy atom. The molecule has 2 atom stereocenters. The maximum Gasteiger partial charge on any atom is 0.508 e. The Morgan fingerprint density at radius 1 is 0.579 bits per heavy atom. The average Bonchev–Trinajstić information content (AvgIpc) is 2.92. The van der Waals surface area contributed by atoms with E-state index in [1.54, 1.807) is 0 Å². The monoisotopic (exact) mass is 746 g/mol. The standard InChI is InChI=1S/C33H48I2O3/c1-3-5-7-9-11-13-27(29-15-19-31(34)20-16-29)23-25-37-33(36)38-26-24-28(14-12-10-8-6-4-2)30-17-21-32(35)22-18-30/h15-22,27-28H,3-14,23-26H2,1-2H3. The third-order valence-corrected chi connectivity index (χ3v) is 8.81. The fraction of sp³-hybridized carbons (Fsp3) is 0.606. The minimum Gasteiger partial charge on any atom is -0.434 e. The van der Waals surface area contributed by atoms with Gasteiger partial charge in [-0.25, -0.2) is 4.79 Å². The van der Waals surface area contributed by atoms with Crippen LogP contribution in [0.5, 0.6) is 0 Å². The number of hydrogen-bond acceptors (Lipinski definition) is 3. The van der Waals surface area contributed by atoms with Gasteiger partial charge >= 0.3 is 6.16 Å². The van der Waals surface area contributed by atoms with E-state index in [0.717, 1.165) is 25.7 Å². The van der Waals surface area contributed by atoms with Gasteiger partial charge in [0.25, 0.3) is 0 Å². The van der Waals surface area contributed by atoms with E-state index in [1.807, 2.05) is 0 Å². The molecule has 0 aliphatic heterocycles.